The maximum atomic E-state index is 11.8. The van der Waals surface area contributed by atoms with E-state index in [1.54, 1.807) is 11.3 Å². The zero-order valence-electron chi connectivity index (χ0n) is 9.61. The van der Waals surface area contributed by atoms with Crippen LogP contribution < -0.4 is 10.9 Å². The van der Waals surface area contributed by atoms with Crippen LogP contribution in [0.4, 0.5) is 0 Å². The summed E-state index contributed by atoms with van der Waals surface area (Å²) in [5.41, 5.74) is 0.248. The Morgan fingerprint density at radius 3 is 2.50 bits per heavy atom. The van der Waals surface area contributed by atoms with E-state index in [-0.39, 0.29) is 10.9 Å². The Hall–Kier alpha value is -2.00. The Labute approximate surface area is 106 Å². The van der Waals surface area contributed by atoms with Crippen LogP contribution in [0.2, 0.25) is 0 Å². The number of hydrogen-bond donors (Lipinski definition) is 0. The quantitative estimate of drug-likeness (QED) is 0.451. The van der Waals surface area contributed by atoms with Gasteiger partial charge in [-0.15, -0.1) is 11.3 Å². The van der Waals surface area contributed by atoms with Crippen LogP contribution in [0, 0.1) is 6.92 Å². The molecule has 0 atom stereocenters. The molecule has 0 amide bonds. The van der Waals surface area contributed by atoms with Crippen LogP contribution in [0.15, 0.2) is 39.9 Å². The van der Waals surface area contributed by atoms with Crippen molar-refractivity contribution in [2.24, 2.45) is 0 Å². The number of fused-ring (bicyclic) bond motifs is 5. The van der Waals surface area contributed by atoms with Gasteiger partial charge in [0.05, 0.1) is 5.39 Å². The van der Waals surface area contributed by atoms with Crippen molar-refractivity contribution in [3.8, 4) is 0 Å². The minimum Gasteiger partial charge on any atom is -0.285 e. The molecule has 0 spiro atoms. The standard InChI is InChI=1S/C15H8O2S/c1-7-6-9-8-4-2-3-5-10(8)18-15(9)12-11(7)13(16)14(12)17/h2-6H,1H3. The minimum absolute atomic E-state index is 0.328. The van der Waals surface area contributed by atoms with Crippen LogP contribution in [0.5, 0.6) is 0 Å². The van der Waals surface area contributed by atoms with E-state index in [2.05, 4.69) is 6.07 Å². The Balaban J connectivity index is 2.41. The molecule has 0 bridgehead atoms. The fourth-order valence-electron chi connectivity index (χ4n) is 2.67. The molecule has 0 fully saturated rings. The molecular formula is C15H8O2S. The van der Waals surface area contributed by atoms with Gasteiger partial charge in [-0.05, 0) is 24.6 Å². The molecule has 1 aromatic heterocycles. The molecule has 0 unspecified atom stereocenters. The monoisotopic (exact) mass is 252 g/mol. The molecule has 2 nitrogen and oxygen atoms in total. The molecule has 1 heterocycles. The van der Waals surface area contributed by atoms with E-state index in [1.165, 1.54) is 0 Å². The van der Waals surface area contributed by atoms with Crippen molar-refractivity contribution in [1.29, 1.82) is 0 Å². The predicted molar refractivity (Wildman–Crippen MR) is 76.5 cm³/mol. The summed E-state index contributed by atoms with van der Waals surface area (Å²) in [6.45, 7) is 1.90. The Morgan fingerprint density at radius 2 is 1.67 bits per heavy atom. The van der Waals surface area contributed by atoms with Gasteiger partial charge in [0.2, 0.25) is 10.9 Å². The molecule has 0 radical (unpaired) electrons. The van der Waals surface area contributed by atoms with Crippen LogP contribution >= 0.6 is 11.3 Å². The molecule has 0 aliphatic rings. The van der Waals surface area contributed by atoms with Crippen molar-refractivity contribution in [3.63, 3.8) is 0 Å². The Morgan fingerprint density at radius 1 is 0.944 bits per heavy atom. The van der Waals surface area contributed by atoms with Crippen molar-refractivity contribution >= 4 is 42.3 Å². The van der Waals surface area contributed by atoms with Crippen molar-refractivity contribution in [2.75, 3.05) is 0 Å². The fourth-order valence-corrected chi connectivity index (χ4v) is 3.90. The first kappa shape index (κ1) is 9.97. The maximum absolute atomic E-state index is 11.8. The Kier molecular flexibility index (Phi) is 1.69. The normalized spacial score (nSPS) is 12.1. The lowest BCUT2D eigenvalue weighted by Crippen LogP contribution is -2.31. The van der Waals surface area contributed by atoms with Gasteiger partial charge in [0, 0.05) is 25.6 Å². The molecule has 0 N–H and O–H groups in total. The van der Waals surface area contributed by atoms with Gasteiger partial charge in [0.25, 0.3) is 0 Å². The molecule has 86 valence electrons. The lowest BCUT2D eigenvalue weighted by molar-refractivity contribution is 1.48. The molecule has 0 saturated heterocycles. The highest BCUT2D eigenvalue weighted by Crippen LogP contribution is 2.38. The second-order valence-corrected chi connectivity index (χ2v) is 5.63. The average molecular weight is 252 g/mol. The van der Waals surface area contributed by atoms with Crippen molar-refractivity contribution in [2.45, 2.75) is 6.92 Å². The van der Waals surface area contributed by atoms with E-state index in [9.17, 15) is 9.59 Å². The van der Waals surface area contributed by atoms with E-state index in [0.29, 0.717) is 10.8 Å². The maximum Gasteiger partial charge on any atom is 0.235 e. The average Bonchev–Trinajstić information content (AvgIpc) is 2.74. The molecule has 18 heavy (non-hydrogen) atoms. The number of hydrogen-bond acceptors (Lipinski definition) is 3. The van der Waals surface area contributed by atoms with Crippen molar-refractivity contribution in [1.82, 2.24) is 0 Å². The molecule has 3 aromatic carbocycles. The van der Waals surface area contributed by atoms with E-state index in [4.69, 9.17) is 0 Å². The zero-order valence-corrected chi connectivity index (χ0v) is 10.4. The second kappa shape index (κ2) is 3.06. The van der Waals surface area contributed by atoms with Gasteiger partial charge in [-0.1, -0.05) is 18.2 Å². The van der Waals surface area contributed by atoms with E-state index in [0.717, 1.165) is 25.7 Å². The molecule has 0 saturated carbocycles. The van der Waals surface area contributed by atoms with Crippen LogP contribution in [0.1, 0.15) is 5.56 Å². The van der Waals surface area contributed by atoms with Gasteiger partial charge in [0.1, 0.15) is 0 Å². The zero-order chi connectivity index (χ0) is 12.4. The first-order valence-electron chi connectivity index (χ1n) is 5.72. The summed E-state index contributed by atoms with van der Waals surface area (Å²) in [5.74, 6) is 0. The van der Waals surface area contributed by atoms with Gasteiger partial charge in [-0.25, -0.2) is 0 Å². The second-order valence-electron chi connectivity index (χ2n) is 4.58. The molecule has 0 aliphatic carbocycles. The summed E-state index contributed by atoms with van der Waals surface area (Å²) in [6, 6.07) is 10.1. The highest BCUT2D eigenvalue weighted by Gasteiger charge is 2.20. The number of benzene rings is 2. The van der Waals surface area contributed by atoms with Crippen LogP contribution in [-0.4, -0.2) is 0 Å². The summed E-state index contributed by atoms with van der Waals surface area (Å²) >= 11 is 1.60. The molecule has 0 aliphatic heterocycles. The molecular weight excluding hydrogens is 244 g/mol. The molecule has 3 heteroatoms. The summed E-state index contributed by atoms with van der Waals surface area (Å²) in [7, 11) is 0. The van der Waals surface area contributed by atoms with E-state index < -0.39 is 0 Å². The van der Waals surface area contributed by atoms with Gasteiger partial charge in [0.15, 0.2) is 0 Å². The summed E-state index contributed by atoms with van der Waals surface area (Å²) in [5, 5.41) is 3.51. The van der Waals surface area contributed by atoms with Crippen molar-refractivity contribution in [3.05, 3.63) is 56.3 Å². The van der Waals surface area contributed by atoms with Crippen LogP contribution in [0.3, 0.4) is 0 Å². The van der Waals surface area contributed by atoms with Gasteiger partial charge in [-0.2, -0.15) is 0 Å². The third kappa shape index (κ3) is 0.985. The minimum atomic E-state index is -0.332. The van der Waals surface area contributed by atoms with Crippen LogP contribution in [0.25, 0.3) is 30.9 Å². The topological polar surface area (TPSA) is 34.1 Å². The Bertz CT molecular complexity index is 1010. The highest BCUT2D eigenvalue weighted by atomic mass is 32.1. The van der Waals surface area contributed by atoms with E-state index >= 15 is 0 Å². The number of rotatable bonds is 0. The number of aryl methyl sites for hydroxylation is 1. The lowest BCUT2D eigenvalue weighted by Gasteiger charge is -2.04. The summed E-state index contributed by atoms with van der Waals surface area (Å²) in [4.78, 5) is 23.3. The summed E-state index contributed by atoms with van der Waals surface area (Å²) in [6.07, 6.45) is 0. The first-order chi connectivity index (χ1) is 8.68. The van der Waals surface area contributed by atoms with Gasteiger partial charge < -0.3 is 0 Å². The molecule has 4 rings (SSSR count). The van der Waals surface area contributed by atoms with Gasteiger partial charge in [-0.3, -0.25) is 9.59 Å². The van der Waals surface area contributed by atoms with Gasteiger partial charge >= 0.3 is 0 Å². The third-order valence-corrected chi connectivity index (χ3v) is 4.73. The fraction of sp³-hybridized carbons (Fsp3) is 0.0667. The largest absolute Gasteiger partial charge is 0.285 e. The van der Waals surface area contributed by atoms with E-state index in [1.807, 2.05) is 31.2 Å². The molecule has 4 aromatic rings. The predicted octanol–water partition coefficient (Wildman–Crippen LogP) is 3.11. The number of thiophene rings is 1. The summed E-state index contributed by atoms with van der Waals surface area (Å²) < 4.78 is 2.12. The SMILES string of the molecule is Cc1cc2c3ccccc3sc2c2c(=O)c(=O)c12. The third-order valence-electron chi connectivity index (χ3n) is 3.53. The van der Waals surface area contributed by atoms with Crippen molar-refractivity contribution < 1.29 is 0 Å². The highest BCUT2D eigenvalue weighted by molar-refractivity contribution is 7.26. The smallest absolute Gasteiger partial charge is 0.235 e. The van der Waals surface area contributed by atoms with Crippen LogP contribution in [-0.2, 0) is 0 Å². The lowest BCUT2D eigenvalue weighted by atomic mass is 9.97. The first-order valence-corrected chi connectivity index (χ1v) is 6.54.